The molecule has 0 aromatic heterocycles. The highest BCUT2D eigenvalue weighted by Gasteiger charge is 2.24. The number of benzene rings is 2. The van der Waals surface area contributed by atoms with Gasteiger partial charge in [-0.3, -0.25) is 14.4 Å². The molecule has 2 aromatic rings. The molecule has 0 aliphatic carbocycles. The molecule has 0 radical (unpaired) electrons. The lowest BCUT2D eigenvalue weighted by Crippen LogP contribution is -2.51. The number of hydrogen-bond donors (Lipinski definition) is 1. The number of ketones is 1. The first-order valence-electron chi connectivity index (χ1n) is 9.12. The van der Waals surface area contributed by atoms with E-state index in [4.69, 9.17) is 0 Å². The molecule has 28 heavy (non-hydrogen) atoms. The highest BCUT2D eigenvalue weighted by atomic mass is 19.1. The number of carbonyl (C=O) groups excluding carboxylic acids is 3. The van der Waals surface area contributed by atoms with Crippen molar-refractivity contribution < 1.29 is 18.8 Å². The van der Waals surface area contributed by atoms with E-state index in [9.17, 15) is 18.8 Å². The third-order valence-electron chi connectivity index (χ3n) is 4.76. The highest BCUT2D eigenvalue weighted by Crippen LogP contribution is 2.17. The van der Waals surface area contributed by atoms with Crippen LogP contribution in [0.5, 0.6) is 0 Å². The van der Waals surface area contributed by atoms with Gasteiger partial charge in [-0.05, 0) is 31.2 Å². The number of nitrogens with one attached hydrogen (secondary N) is 1. The number of anilines is 1. The Kier molecular flexibility index (Phi) is 6.03. The summed E-state index contributed by atoms with van der Waals surface area (Å²) in [4.78, 5) is 40.1. The van der Waals surface area contributed by atoms with Crippen LogP contribution in [0, 0.1) is 12.7 Å². The first-order chi connectivity index (χ1) is 13.5. The minimum Gasteiger partial charge on any atom is -0.368 e. The quantitative estimate of drug-likeness (QED) is 0.631. The minimum atomic E-state index is -0.991. The second kappa shape index (κ2) is 8.65. The monoisotopic (exact) mass is 383 g/mol. The zero-order chi connectivity index (χ0) is 20.1. The third-order valence-corrected chi connectivity index (χ3v) is 4.76. The van der Waals surface area contributed by atoms with Crippen molar-refractivity contribution in [3.8, 4) is 0 Å². The smallest absolute Gasteiger partial charge is 0.292 e. The van der Waals surface area contributed by atoms with Crippen molar-refractivity contribution in [1.82, 2.24) is 10.2 Å². The normalized spacial score (nSPS) is 13.9. The molecule has 146 valence electrons. The molecule has 0 bridgehead atoms. The van der Waals surface area contributed by atoms with Gasteiger partial charge in [0, 0.05) is 31.9 Å². The maximum absolute atomic E-state index is 13.6. The van der Waals surface area contributed by atoms with Crippen molar-refractivity contribution in [2.45, 2.75) is 6.92 Å². The largest absolute Gasteiger partial charge is 0.368 e. The Labute approximate surface area is 162 Å². The summed E-state index contributed by atoms with van der Waals surface area (Å²) in [5.41, 5.74) is 2.00. The van der Waals surface area contributed by atoms with Crippen LogP contribution >= 0.6 is 0 Å². The van der Waals surface area contributed by atoms with Gasteiger partial charge in [0.05, 0.1) is 12.1 Å². The molecule has 1 heterocycles. The Balaban J connectivity index is 1.48. The molecule has 0 atom stereocenters. The van der Waals surface area contributed by atoms with Crippen molar-refractivity contribution in [1.29, 1.82) is 0 Å². The van der Waals surface area contributed by atoms with Gasteiger partial charge in [0.1, 0.15) is 5.82 Å². The van der Waals surface area contributed by atoms with Crippen LogP contribution in [-0.4, -0.2) is 55.2 Å². The van der Waals surface area contributed by atoms with Gasteiger partial charge in [0.2, 0.25) is 5.91 Å². The van der Waals surface area contributed by atoms with Gasteiger partial charge in [0.25, 0.3) is 11.7 Å². The number of piperazine rings is 1. The van der Waals surface area contributed by atoms with Crippen molar-refractivity contribution in [3.05, 3.63) is 65.5 Å². The standard InChI is InChI=1S/C21H22FN3O3/c1-15-6-8-16(9-7-15)24-10-12-25(13-11-24)19(26)14-23-21(28)20(27)17-4-2-3-5-18(17)22/h2-9H,10-14H2,1H3,(H,23,28). The zero-order valence-corrected chi connectivity index (χ0v) is 15.7. The van der Waals surface area contributed by atoms with Gasteiger partial charge < -0.3 is 15.1 Å². The Morgan fingerprint density at radius 2 is 1.61 bits per heavy atom. The maximum atomic E-state index is 13.6. The second-order valence-corrected chi connectivity index (χ2v) is 6.70. The molecule has 1 N–H and O–H groups in total. The predicted octanol–water partition coefficient (Wildman–Crippen LogP) is 1.78. The summed E-state index contributed by atoms with van der Waals surface area (Å²) in [6.07, 6.45) is 0. The van der Waals surface area contributed by atoms with E-state index in [0.717, 1.165) is 11.8 Å². The average Bonchev–Trinajstić information content (AvgIpc) is 2.72. The van der Waals surface area contributed by atoms with E-state index in [2.05, 4.69) is 34.5 Å². The van der Waals surface area contributed by atoms with E-state index in [-0.39, 0.29) is 18.0 Å². The van der Waals surface area contributed by atoms with Crippen LogP contribution in [0.2, 0.25) is 0 Å². The number of rotatable bonds is 5. The fourth-order valence-electron chi connectivity index (χ4n) is 3.09. The first-order valence-corrected chi connectivity index (χ1v) is 9.12. The summed E-state index contributed by atoms with van der Waals surface area (Å²) in [5.74, 6) is -3.01. The number of Topliss-reactive ketones (excluding diaryl/α,β-unsaturated/α-hetero) is 1. The number of nitrogens with zero attached hydrogens (tertiary/aromatic N) is 2. The van der Waals surface area contributed by atoms with Crippen LogP contribution in [0.15, 0.2) is 48.5 Å². The molecule has 2 aromatic carbocycles. The summed E-state index contributed by atoms with van der Waals surface area (Å²) in [5, 5.41) is 2.29. The lowest BCUT2D eigenvalue weighted by Gasteiger charge is -2.36. The lowest BCUT2D eigenvalue weighted by atomic mass is 10.1. The Hall–Kier alpha value is -3.22. The molecule has 0 saturated carbocycles. The predicted molar refractivity (Wildman–Crippen MR) is 104 cm³/mol. The number of aryl methyl sites for hydroxylation is 1. The third kappa shape index (κ3) is 4.54. The van der Waals surface area contributed by atoms with Crippen molar-refractivity contribution in [2.24, 2.45) is 0 Å². The molecule has 1 fully saturated rings. The molecule has 0 spiro atoms. The molecule has 1 saturated heterocycles. The van der Waals surface area contributed by atoms with Crippen LogP contribution in [0.1, 0.15) is 15.9 Å². The van der Waals surface area contributed by atoms with E-state index in [1.165, 1.54) is 23.8 Å². The van der Waals surface area contributed by atoms with Crippen molar-refractivity contribution in [3.63, 3.8) is 0 Å². The van der Waals surface area contributed by atoms with Crippen LogP contribution < -0.4 is 10.2 Å². The molecule has 0 unspecified atom stereocenters. The topological polar surface area (TPSA) is 69.7 Å². The Morgan fingerprint density at radius 1 is 0.964 bits per heavy atom. The number of halogens is 1. The fourth-order valence-corrected chi connectivity index (χ4v) is 3.09. The van der Waals surface area contributed by atoms with Gasteiger partial charge in [-0.2, -0.15) is 0 Å². The van der Waals surface area contributed by atoms with Crippen molar-refractivity contribution in [2.75, 3.05) is 37.6 Å². The van der Waals surface area contributed by atoms with Gasteiger partial charge >= 0.3 is 0 Å². The van der Waals surface area contributed by atoms with E-state index in [1.807, 2.05) is 6.92 Å². The Bertz CT molecular complexity index is 875. The van der Waals surface area contributed by atoms with Gasteiger partial charge in [0.15, 0.2) is 0 Å². The minimum absolute atomic E-state index is 0.266. The van der Waals surface area contributed by atoms with Crippen LogP contribution in [-0.2, 0) is 9.59 Å². The SMILES string of the molecule is Cc1ccc(N2CCN(C(=O)CNC(=O)C(=O)c3ccccc3F)CC2)cc1. The summed E-state index contributed by atoms with van der Waals surface area (Å²) < 4.78 is 13.6. The zero-order valence-electron chi connectivity index (χ0n) is 15.7. The Morgan fingerprint density at radius 3 is 2.25 bits per heavy atom. The molecule has 7 heteroatoms. The molecule has 6 nitrogen and oxygen atoms in total. The van der Waals surface area contributed by atoms with E-state index in [0.29, 0.717) is 26.2 Å². The maximum Gasteiger partial charge on any atom is 0.292 e. The van der Waals surface area contributed by atoms with Crippen LogP contribution in [0.4, 0.5) is 10.1 Å². The second-order valence-electron chi connectivity index (χ2n) is 6.70. The summed E-state index contributed by atoms with van der Waals surface area (Å²) in [6.45, 7) is 4.19. The number of hydrogen-bond acceptors (Lipinski definition) is 4. The van der Waals surface area contributed by atoms with E-state index < -0.39 is 17.5 Å². The van der Waals surface area contributed by atoms with Gasteiger partial charge in [-0.25, -0.2) is 4.39 Å². The summed E-state index contributed by atoms with van der Waals surface area (Å²) in [7, 11) is 0. The van der Waals surface area contributed by atoms with E-state index in [1.54, 1.807) is 4.90 Å². The average molecular weight is 383 g/mol. The summed E-state index contributed by atoms with van der Waals surface area (Å²) in [6, 6.07) is 13.5. The number of amides is 2. The molecule has 1 aliphatic rings. The molecule has 2 amide bonds. The van der Waals surface area contributed by atoms with Crippen LogP contribution in [0.25, 0.3) is 0 Å². The molecule has 3 rings (SSSR count). The fraction of sp³-hybridized carbons (Fsp3) is 0.286. The highest BCUT2D eigenvalue weighted by molar-refractivity contribution is 6.43. The first kappa shape index (κ1) is 19.5. The van der Waals surface area contributed by atoms with Crippen molar-refractivity contribution >= 4 is 23.3 Å². The molecular formula is C21H22FN3O3. The molecule has 1 aliphatic heterocycles. The van der Waals surface area contributed by atoms with Crippen LogP contribution in [0.3, 0.4) is 0 Å². The van der Waals surface area contributed by atoms with Gasteiger partial charge in [-0.1, -0.05) is 29.8 Å². The van der Waals surface area contributed by atoms with Gasteiger partial charge in [-0.15, -0.1) is 0 Å². The summed E-state index contributed by atoms with van der Waals surface area (Å²) >= 11 is 0. The lowest BCUT2D eigenvalue weighted by molar-refractivity contribution is -0.132. The molecular weight excluding hydrogens is 361 g/mol. The number of carbonyl (C=O) groups is 3. The van der Waals surface area contributed by atoms with E-state index >= 15 is 0 Å².